The van der Waals surface area contributed by atoms with Crippen LogP contribution in [0.2, 0.25) is 0 Å². The van der Waals surface area contributed by atoms with Gasteiger partial charge in [0, 0.05) is 12.1 Å². The molecule has 1 aliphatic heterocycles. The summed E-state index contributed by atoms with van der Waals surface area (Å²) in [4.78, 5) is 35.0. The van der Waals surface area contributed by atoms with Gasteiger partial charge in [-0.3, -0.25) is 9.59 Å². The van der Waals surface area contributed by atoms with Gasteiger partial charge >= 0.3 is 0 Å². The number of para-hydroxylation sites is 2. The van der Waals surface area contributed by atoms with Gasteiger partial charge in [0.15, 0.2) is 0 Å². The lowest BCUT2D eigenvalue weighted by molar-refractivity contribution is -0.127. The quantitative estimate of drug-likeness (QED) is 0.733. The van der Waals surface area contributed by atoms with Gasteiger partial charge in [0.1, 0.15) is 11.9 Å². The van der Waals surface area contributed by atoms with Crippen LogP contribution >= 0.6 is 0 Å². The molecule has 1 aliphatic rings. The minimum Gasteiger partial charge on any atom is -0.347 e. The lowest BCUT2D eigenvalue weighted by Gasteiger charge is -2.29. The third-order valence-electron chi connectivity index (χ3n) is 4.95. The van der Waals surface area contributed by atoms with Gasteiger partial charge in [0.05, 0.1) is 17.6 Å². The first-order valence-electron chi connectivity index (χ1n) is 9.15. The number of fused-ring (bicyclic) bond motifs is 2. The fraction of sp³-hybridized carbons (Fsp3) is 0.286. The lowest BCUT2D eigenvalue weighted by Crippen LogP contribution is -2.49. The van der Waals surface area contributed by atoms with E-state index in [1.807, 2.05) is 62.4 Å². The number of H-pyrrole nitrogens is 1. The van der Waals surface area contributed by atoms with E-state index >= 15 is 0 Å². The normalized spacial score (nSPS) is 14.6. The number of amides is 2. The molecular weight excluding hydrogens is 340 g/mol. The summed E-state index contributed by atoms with van der Waals surface area (Å²) in [5.74, 6) is 0.455. The number of aromatic amines is 1. The van der Waals surface area contributed by atoms with Crippen LogP contribution in [0.5, 0.6) is 0 Å². The lowest BCUT2D eigenvalue weighted by atomic mass is 10.0. The van der Waals surface area contributed by atoms with Gasteiger partial charge in [0.2, 0.25) is 5.91 Å². The Morgan fingerprint density at radius 2 is 1.93 bits per heavy atom. The molecule has 2 aromatic carbocycles. The summed E-state index contributed by atoms with van der Waals surface area (Å²) in [6, 6.07) is 14.8. The van der Waals surface area contributed by atoms with Crippen molar-refractivity contribution in [2.24, 2.45) is 5.92 Å². The maximum atomic E-state index is 12.9. The van der Waals surface area contributed by atoms with Crippen LogP contribution in [0.3, 0.4) is 0 Å². The summed E-state index contributed by atoms with van der Waals surface area (Å²) in [6.07, 6.45) is 0. The number of imidazole rings is 1. The van der Waals surface area contributed by atoms with Crippen molar-refractivity contribution in [3.8, 4) is 0 Å². The molecule has 2 heterocycles. The molecule has 0 fully saturated rings. The Bertz CT molecular complexity index is 975. The Kier molecular flexibility index (Phi) is 4.39. The number of rotatable bonds is 5. The van der Waals surface area contributed by atoms with Crippen LogP contribution < -0.4 is 5.32 Å². The van der Waals surface area contributed by atoms with E-state index in [1.54, 1.807) is 4.90 Å². The van der Waals surface area contributed by atoms with Crippen molar-refractivity contribution < 1.29 is 9.59 Å². The SMILES string of the molecule is CC(C)C(C(=O)NCc1nc2ccccc2[nH]1)N1Cc2ccccc2C1=O. The first kappa shape index (κ1) is 17.3. The number of aromatic nitrogens is 2. The largest absolute Gasteiger partial charge is 0.347 e. The number of carbonyl (C=O) groups excluding carboxylic acids is 2. The maximum absolute atomic E-state index is 12.9. The molecule has 3 aromatic rings. The van der Waals surface area contributed by atoms with Gasteiger partial charge in [-0.05, 0) is 29.7 Å². The van der Waals surface area contributed by atoms with E-state index in [1.165, 1.54) is 0 Å². The second-order valence-corrected chi connectivity index (χ2v) is 7.20. The van der Waals surface area contributed by atoms with Gasteiger partial charge in [0.25, 0.3) is 5.91 Å². The Morgan fingerprint density at radius 3 is 2.67 bits per heavy atom. The van der Waals surface area contributed by atoms with Gasteiger partial charge < -0.3 is 15.2 Å². The number of carbonyl (C=O) groups is 2. The van der Waals surface area contributed by atoms with Gasteiger partial charge in [-0.15, -0.1) is 0 Å². The summed E-state index contributed by atoms with van der Waals surface area (Å²) >= 11 is 0. The molecule has 0 saturated carbocycles. The van der Waals surface area contributed by atoms with Crippen molar-refractivity contribution >= 4 is 22.8 Å². The van der Waals surface area contributed by atoms with Crippen LogP contribution in [0.4, 0.5) is 0 Å². The third-order valence-corrected chi connectivity index (χ3v) is 4.95. The average Bonchev–Trinajstić information content (AvgIpc) is 3.21. The minimum atomic E-state index is -0.519. The van der Waals surface area contributed by atoms with Crippen molar-refractivity contribution in [3.05, 3.63) is 65.5 Å². The summed E-state index contributed by atoms with van der Waals surface area (Å²) in [5.41, 5.74) is 3.46. The maximum Gasteiger partial charge on any atom is 0.255 e. The molecule has 6 nitrogen and oxygen atoms in total. The van der Waals surface area contributed by atoms with Crippen molar-refractivity contribution in [2.45, 2.75) is 33.0 Å². The first-order chi connectivity index (χ1) is 13.0. The van der Waals surface area contributed by atoms with Crippen LogP contribution in [-0.4, -0.2) is 32.7 Å². The minimum absolute atomic E-state index is 0.000986. The highest BCUT2D eigenvalue weighted by molar-refractivity contribution is 6.01. The smallest absolute Gasteiger partial charge is 0.255 e. The van der Waals surface area contributed by atoms with Crippen molar-refractivity contribution in [3.63, 3.8) is 0 Å². The van der Waals surface area contributed by atoms with Crippen LogP contribution in [-0.2, 0) is 17.9 Å². The van der Waals surface area contributed by atoms with E-state index in [-0.39, 0.29) is 17.7 Å². The zero-order chi connectivity index (χ0) is 19.0. The number of hydrogen-bond acceptors (Lipinski definition) is 3. The number of nitrogens with one attached hydrogen (secondary N) is 2. The van der Waals surface area contributed by atoms with E-state index < -0.39 is 6.04 Å². The van der Waals surface area contributed by atoms with E-state index in [2.05, 4.69) is 15.3 Å². The summed E-state index contributed by atoms with van der Waals surface area (Å²) in [5, 5.41) is 2.94. The highest BCUT2D eigenvalue weighted by Gasteiger charge is 2.37. The molecule has 2 N–H and O–H groups in total. The zero-order valence-electron chi connectivity index (χ0n) is 15.4. The van der Waals surface area contributed by atoms with Crippen molar-refractivity contribution in [1.29, 1.82) is 0 Å². The third kappa shape index (κ3) is 3.18. The molecule has 0 spiro atoms. The average molecular weight is 362 g/mol. The zero-order valence-corrected chi connectivity index (χ0v) is 15.4. The van der Waals surface area contributed by atoms with Gasteiger partial charge in [-0.1, -0.05) is 44.2 Å². The number of nitrogens with zero attached hydrogens (tertiary/aromatic N) is 2. The number of benzene rings is 2. The molecule has 4 rings (SSSR count). The fourth-order valence-electron chi connectivity index (χ4n) is 3.67. The Hall–Kier alpha value is -3.15. The summed E-state index contributed by atoms with van der Waals surface area (Å²) in [7, 11) is 0. The molecule has 0 aliphatic carbocycles. The van der Waals surface area contributed by atoms with Crippen LogP contribution in [0.15, 0.2) is 48.5 Å². The molecule has 0 radical (unpaired) electrons. The van der Waals surface area contributed by atoms with E-state index in [4.69, 9.17) is 0 Å². The topological polar surface area (TPSA) is 78.1 Å². The van der Waals surface area contributed by atoms with E-state index in [0.29, 0.717) is 24.5 Å². The summed E-state index contributed by atoms with van der Waals surface area (Å²) in [6.45, 7) is 4.69. The Labute approximate surface area is 157 Å². The van der Waals surface area contributed by atoms with Gasteiger partial charge in [-0.25, -0.2) is 4.98 Å². The first-order valence-corrected chi connectivity index (χ1v) is 9.15. The fourth-order valence-corrected chi connectivity index (χ4v) is 3.67. The van der Waals surface area contributed by atoms with Crippen molar-refractivity contribution in [2.75, 3.05) is 0 Å². The molecule has 1 atom stereocenters. The molecular formula is C21H22N4O2. The predicted octanol–water partition coefficient (Wildman–Crippen LogP) is 2.86. The van der Waals surface area contributed by atoms with E-state index in [0.717, 1.165) is 16.6 Å². The molecule has 1 unspecified atom stereocenters. The summed E-state index contributed by atoms with van der Waals surface area (Å²) < 4.78 is 0. The molecule has 2 amide bonds. The van der Waals surface area contributed by atoms with Gasteiger partial charge in [-0.2, -0.15) is 0 Å². The Balaban J connectivity index is 1.49. The van der Waals surface area contributed by atoms with Crippen LogP contribution in [0.1, 0.15) is 35.6 Å². The van der Waals surface area contributed by atoms with Crippen LogP contribution in [0, 0.1) is 5.92 Å². The molecule has 0 bridgehead atoms. The highest BCUT2D eigenvalue weighted by atomic mass is 16.2. The predicted molar refractivity (Wildman–Crippen MR) is 103 cm³/mol. The second kappa shape index (κ2) is 6.87. The van der Waals surface area contributed by atoms with E-state index in [9.17, 15) is 9.59 Å². The molecule has 0 saturated heterocycles. The Morgan fingerprint density at radius 1 is 1.19 bits per heavy atom. The second-order valence-electron chi connectivity index (χ2n) is 7.20. The molecule has 27 heavy (non-hydrogen) atoms. The standard InChI is InChI=1S/C21H22N4O2/c1-13(2)19(25-12-14-7-3-4-8-15(14)21(25)27)20(26)22-11-18-23-16-9-5-6-10-17(16)24-18/h3-10,13,19H,11-12H2,1-2H3,(H,22,26)(H,23,24). The molecule has 6 heteroatoms. The molecule has 138 valence electrons. The number of hydrogen-bond donors (Lipinski definition) is 2. The van der Waals surface area contributed by atoms with Crippen molar-refractivity contribution in [1.82, 2.24) is 20.2 Å². The highest BCUT2D eigenvalue weighted by Crippen LogP contribution is 2.27. The molecule has 1 aromatic heterocycles. The van der Waals surface area contributed by atoms with Crippen LogP contribution in [0.25, 0.3) is 11.0 Å². The monoisotopic (exact) mass is 362 g/mol.